The molecule has 0 N–H and O–H groups in total. The first-order valence-electron chi connectivity index (χ1n) is 5.74. The van der Waals surface area contributed by atoms with Crippen molar-refractivity contribution in [2.24, 2.45) is 0 Å². The van der Waals surface area contributed by atoms with Gasteiger partial charge in [-0.05, 0) is 24.6 Å². The van der Waals surface area contributed by atoms with Crippen LogP contribution in [0.5, 0.6) is 11.6 Å². The second-order valence-electron chi connectivity index (χ2n) is 3.87. The maximum Gasteiger partial charge on any atom is 0.227 e. The Kier molecular flexibility index (Phi) is 4.71. The molecule has 0 aliphatic heterocycles. The minimum absolute atomic E-state index is 0.0986. The highest BCUT2D eigenvalue weighted by molar-refractivity contribution is 9.10. The molecule has 0 bridgehead atoms. The second kappa shape index (κ2) is 6.30. The number of nitrogens with zero attached hydrogens (tertiary/aromatic N) is 2. The lowest BCUT2D eigenvalue weighted by atomic mass is 10.2. The Balaban J connectivity index is 2.37. The summed E-state index contributed by atoms with van der Waals surface area (Å²) in [6.07, 6.45) is 2.84. The fraction of sp³-hybridized carbons (Fsp3) is 0.231. The third-order valence-electron chi connectivity index (χ3n) is 2.45. The van der Waals surface area contributed by atoms with Gasteiger partial charge >= 0.3 is 0 Å². The molecule has 100 valence electrons. The van der Waals surface area contributed by atoms with Crippen molar-refractivity contribution in [3.63, 3.8) is 0 Å². The maximum absolute atomic E-state index is 13.7. The zero-order chi connectivity index (χ0) is 13.8. The molecule has 1 aromatic heterocycles. The summed E-state index contributed by atoms with van der Waals surface area (Å²) in [5.41, 5.74) is 0.686. The van der Waals surface area contributed by atoms with Crippen LogP contribution < -0.4 is 4.74 Å². The van der Waals surface area contributed by atoms with Gasteiger partial charge in [0.2, 0.25) is 5.88 Å². The minimum Gasteiger partial charge on any atom is -0.435 e. The van der Waals surface area contributed by atoms with Gasteiger partial charge in [-0.3, -0.25) is 0 Å². The predicted molar refractivity (Wildman–Crippen MR) is 75.2 cm³/mol. The number of ether oxygens (including phenoxy) is 1. The molecule has 0 radical (unpaired) electrons. The lowest BCUT2D eigenvalue weighted by molar-refractivity contribution is 0.420. The number of rotatable bonds is 4. The van der Waals surface area contributed by atoms with Crippen molar-refractivity contribution in [1.29, 1.82) is 0 Å². The van der Waals surface area contributed by atoms with E-state index in [4.69, 9.17) is 16.3 Å². The van der Waals surface area contributed by atoms with E-state index in [-0.39, 0.29) is 5.75 Å². The lowest BCUT2D eigenvalue weighted by Gasteiger charge is -2.10. The van der Waals surface area contributed by atoms with Crippen molar-refractivity contribution in [1.82, 2.24) is 9.97 Å². The largest absolute Gasteiger partial charge is 0.435 e. The number of hydrogen-bond donors (Lipinski definition) is 0. The van der Waals surface area contributed by atoms with Gasteiger partial charge in [-0.2, -0.15) is 0 Å². The van der Waals surface area contributed by atoms with Crippen molar-refractivity contribution >= 4 is 27.5 Å². The molecule has 19 heavy (non-hydrogen) atoms. The summed E-state index contributed by atoms with van der Waals surface area (Å²) >= 11 is 9.28. The first-order valence-corrected chi connectivity index (χ1v) is 6.91. The standard InChI is InChI=1S/C13H11BrClFN2O/c1-2-3-9-12(15)17-7-18-13(9)19-11-6-8(14)4-5-10(11)16/h4-7H,2-3H2,1H3. The van der Waals surface area contributed by atoms with E-state index in [0.29, 0.717) is 23.0 Å². The van der Waals surface area contributed by atoms with Crippen LogP contribution in [0.2, 0.25) is 5.15 Å². The van der Waals surface area contributed by atoms with Crippen molar-refractivity contribution in [3.8, 4) is 11.6 Å². The van der Waals surface area contributed by atoms with Gasteiger partial charge in [0.25, 0.3) is 0 Å². The highest BCUT2D eigenvalue weighted by Gasteiger charge is 2.13. The second-order valence-corrected chi connectivity index (χ2v) is 5.15. The van der Waals surface area contributed by atoms with E-state index in [1.165, 1.54) is 12.4 Å². The van der Waals surface area contributed by atoms with Crippen molar-refractivity contribution in [2.75, 3.05) is 0 Å². The van der Waals surface area contributed by atoms with Crippen LogP contribution in [0.1, 0.15) is 18.9 Å². The quantitative estimate of drug-likeness (QED) is 0.748. The van der Waals surface area contributed by atoms with Gasteiger partial charge in [-0.25, -0.2) is 14.4 Å². The third-order valence-corrected chi connectivity index (χ3v) is 3.27. The van der Waals surface area contributed by atoms with E-state index < -0.39 is 5.82 Å². The summed E-state index contributed by atoms with van der Waals surface area (Å²) in [6.45, 7) is 2.01. The highest BCUT2D eigenvalue weighted by atomic mass is 79.9. The average molecular weight is 346 g/mol. The fourth-order valence-electron chi connectivity index (χ4n) is 1.58. The van der Waals surface area contributed by atoms with Gasteiger partial charge in [0.1, 0.15) is 11.5 Å². The lowest BCUT2D eigenvalue weighted by Crippen LogP contribution is -1.99. The molecule has 1 heterocycles. The van der Waals surface area contributed by atoms with Crippen molar-refractivity contribution in [2.45, 2.75) is 19.8 Å². The van der Waals surface area contributed by atoms with Gasteiger partial charge in [0, 0.05) is 4.47 Å². The van der Waals surface area contributed by atoms with Crippen molar-refractivity contribution in [3.05, 3.63) is 45.5 Å². The Morgan fingerprint density at radius 1 is 1.37 bits per heavy atom. The van der Waals surface area contributed by atoms with Crippen LogP contribution in [0.15, 0.2) is 29.0 Å². The summed E-state index contributed by atoms with van der Waals surface area (Å²) in [7, 11) is 0. The molecule has 0 saturated carbocycles. The Morgan fingerprint density at radius 3 is 2.89 bits per heavy atom. The molecule has 2 aromatic rings. The smallest absolute Gasteiger partial charge is 0.227 e. The van der Waals surface area contributed by atoms with Gasteiger partial charge < -0.3 is 4.74 Å². The summed E-state index contributed by atoms with van der Waals surface area (Å²) in [4.78, 5) is 7.94. The maximum atomic E-state index is 13.7. The van der Waals surface area contributed by atoms with Crippen LogP contribution in [-0.4, -0.2) is 9.97 Å². The number of benzene rings is 1. The molecular weight excluding hydrogens is 335 g/mol. The Labute approximate surface area is 123 Å². The molecule has 1 aromatic carbocycles. The van der Waals surface area contributed by atoms with E-state index in [2.05, 4.69) is 25.9 Å². The van der Waals surface area contributed by atoms with Crippen LogP contribution >= 0.6 is 27.5 Å². The van der Waals surface area contributed by atoms with Gasteiger partial charge in [-0.1, -0.05) is 40.9 Å². The fourth-order valence-corrected chi connectivity index (χ4v) is 2.14. The average Bonchev–Trinajstić information content (AvgIpc) is 2.38. The SMILES string of the molecule is CCCc1c(Cl)ncnc1Oc1cc(Br)ccc1F. The molecular formula is C13H11BrClFN2O. The van der Waals surface area contributed by atoms with Crippen molar-refractivity contribution < 1.29 is 9.13 Å². The molecule has 0 aliphatic rings. The molecule has 0 saturated heterocycles. The van der Waals surface area contributed by atoms with E-state index in [1.807, 2.05) is 6.92 Å². The topological polar surface area (TPSA) is 35.0 Å². The normalized spacial score (nSPS) is 10.5. The Bertz CT molecular complexity index is 595. The van der Waals surface area contributed by atoms with Gasteiger partial charge in [0.05, 0.1) is 5.56 Å². The van der Waals surface area contributed by atoms with E-state index in [0.717, 1.165) is 10.9 Å². The van der Waals surface area contributed by atoms with E-state index in [1.54, 1.807) is 12.1 Å². The molecule has 3 nitrogen and oxygen atoms in total. The summed E-state index contributed by atoms with van der Waals surface area (Å²) < 4.78 is 19.9. The molecule has 0 spiro atoms. The summed E-state index contributed by atoms with van der Waals surface area (Å²) in [6, 6.07) is 4.46. The summed E-state index contributed by atoms with van der Waals surface area (Å²) in [5.74, 6) is -0.0688. The van der Waals surface area contributed by atoms with Crippen LogP contribution in [-0.2, 0) is 6.42 Å². The monoisotopic (exact) mass is 344 g/mol. The van der Waals surface area contributed by atoms with Crippen LogP contribution in [0.3, 0.4) is 0 Å². The summed E-state index contributed by atoms with van der Waals surface area (Å²) in [5, 5.41) is 0.335. The Morgan fingerprint density at radius 2 is 2.16 bits per heavy atom. The number of aromatic nitrogens is 2. The predicted octanol–water partition coefficient (Wildman–Crippen LogP) is 4.78. The van der Waals surface area contributed by atoms with Crippen LogP contribution in [0, 0.1) is 5.82 Å². The van der Waals surface area contributed by atoms with E-state index >= 15 is 0 Å². The molecule has 0 aliphatic carbocycles. The zero-order valence-electron chi connectivity index (χ0n) is 10.2. The van der Waals surface area contributed by atoms with E-state index in [9.17, 15) is 4.39 Å². The molecule has 0 fully saturated rings. The molecule has 2 rings (SSSR count). The highest BCUT2D eigenvalue weighted by Crippen LogP contribution is 2.31. The molecule has 0 unspecified atom stereocenters. The van der Waals surface area contributed by atoms with Gasteiger partial charge in [0.15, 0.2) is 11.6 Å². The molecule has 6 heteroatoms. The van der Waals surface area contributed by atoms with Gasteiger partial charge in [-0.15, -0.1) is 0 Å². The minimum atomic E-state index is -0.458. The Hall–Kier alpha value is -1.20. The van der Waals surface area contributed by atoms with Crippen LogP contribution in [0.25, 0.3) is 0 Å². The van der Waals surface area contributed by atoms with Crippen LogP contribution in [0.4, 0.5) is 4.39 Å². The zero-order valence-corrected chi connectivity index (χ0v) is 12.5. The first-order chi connectivity index (χ1) is 9.11. The first kappa shape index (κ1) is 14.2. The third kappa shape index (κ3) is 3.42. The molecule has 0 atom stereocenters. The molecule has 0 amide bonds. The number of halogens is 3. The number of hydrogen-bond acceptors (Lipinski definition) is 3.